The first-order valence-electron chi connectivity index (χ1n) is 13.6. The highest BCUT2D eigenvalue weighted by atomic mass is 79.9. The van der Waals surface area contributed by atoms with Crippen LogP contribution in [0.4, 0.5) is 4.79 Å². The van der Waals surface area contributed by atoms with Gasteiger partial charge in [0.1, 0.15) is 17.9 Å². The number of nitrogens with zero attached hydrogens (tertiary/aromatic N) is 2. The van der Waals surface area contributed by atoms with Gasteiger partial charge in [-0.05, 0) is 59.9 Å². The Bertz CT molecular complexity index is 1300. The average molecular weight is 624 g/mol. The van der Waals surface area contributed by atoms with E-state index in [1.165, 1.54) is 15.3 Å². The summed E-state index contributed by atoms with van der Waals surface area (Å²) in [6.45, 7) is 13.5. The summed E-state index contributed by atoms with van der Waals surface area (Å²) in [5, 5.41) is 2.23. The van der Waals surface area contributed by atoms with Gasteiger partial charge in [-0.1, -0.05) is 97.4 Å². The van der Waals surface area contributed by atoms with Crippen LogP contribution in [-0.4, -0.2) is 55.4 Å². The Kier molecular flexibility index (Phi) is 8.80. The standard InChI is InChI=1S/C32H39BrN2O4Si/c1-31(2,3)38-30(37)35-20-19-34(29(36)23-35)22-24-21-25(17-18-28(24)33)39-40(32(4,5)6,26-13-9-7-10-14-26)27-15-11-8-12-16-27/h7-18,21H,19-20,22-23H2,1-6H3. The van der Waals surface area contributed by atoms with Crippen LogP contribution in [0.1, 0.15) is 47.1 Å². The molecule has 0 radical (unpaired) electrons. The molecule has 1 saturated heterocycles. The number of rotatable bonds is 6. The van der Waals surface area contributed by atoms with E-state index >= 15 is 0 Å². The van der Waals surface area contributed by atoms with Crippen molar-refractivity contribution in [3.63, 3.8) is 0 Å². The van der Waals surface area contributed by atoms with Crippen molar-refractivity contribution in [2.45, 2.75) is 58.7 Å². The molecule has 0 aliphatic carbocycles. The molecule has 1 aliphatic rings. The van der Waals surface area contributed by atoms with E-state index in [4.69, 9.17) is 9.16 Å². The number of benzene rings is 3. The molecule has 40 heavy (non-hydrogen) atoms. The van der Waals surface area contributed by atoms with Gasteiger partial charge in [0.2, 0.25) is 5.91 Å². The van der Waals surface area contributed by atoms with Crippen molar-refractivity contribution in [1.82, 2.24) is 9.80 Å². The Morgan fingerprint density at radius 2 is 1.45 bits per heavy atom. The first-order chi connectivity index (χ1) is 18.8. The van der Waals surface area contributed by atoms with Crippen molar-refractivity contribution >= 4 is 46.6 Å². The van der Waals surface area contributed by atoms with Gasteiger partial charge < -0.3 is 14.1 Å². The summed E-state index contributed by atoms with van der Waals surface area (Å²) in [5.74, 6) is 0.662. The molecular formula is C32H39BrN2O4Si. The van der Waals surface area contributed by atoms with Crippen LogP contribution in [0.15, 0.2) is 83.3 Å². The molecule has 0 aromatic heterocycles. The highest BCUT2D eigenvalue weighted by molar-refractivity contribution is 9.10. The number of piperazine rings is 1. The second kappa shape index (κ2) is 11.8. The number of carbonyl (C=O) groups excluding carboxylic acids is 2. The Hall–Kier alpha value is -3.10. The fourth-order valence-electron chi connectivity index (χ4n) is 5.13. The third-order valence-corrected chi connectivity index (χ3v) is 12.8. The molecule has 4 rings (SSSR count). The maximum absolute atomic E-state index is 13.0. The first-order valence-corrected chi connectivity index (χ1v) is 16.3. The Labute approximate surface area is 247 Å². The maximum Gasteiger partial charge on any atom is 0.410 e. The quantitative estimate of drug-likeness (QED) is 0.318. The predicted octanol–water partition coefficient (Wildman–Crippen LogP) is 5.97. The fourth-order valence-corrected chi connectivity index (χ4v) is 9.91. The largest absolute Gasteiger partial charge is 0.534 e. The van der Waals surface area contributed by atoms with Crippen LogP contribution in [0.3, 0.4) is 0 Å². The topological polar surface area (TPSA) is 59.1 Å². The number of hydrogen-bond donors (Lipinski definition) is 0. The average Bonchev–Trinajstić information content (AvgIpc) is 2.89. The fraction of sp³-hybridized carbons (Fsp3) is 0.375. The first kappa shape index (κ1) is 29.9. The highest BCUT2D eigenvalue weighted by Crippen LogP contribution is 2.38. The van der Waals surface area contributed by atoms with Crippen molar-refractivity contribution in [3.8, 4) is 5.75 Å². The third-order valence-electron chi connectivity index (χ3n) is 7.04. The lowest BCUT2D eigenvalue weighted by Gasteiger charge is -2.43. The molecule has 0 spiro atoms. The number of amides is 2. The number of carbonyl (C=O) groups is 2. The lowest BCUT2D eigenvalue weighted by atomic mass is 10.2. The van der Waals surface area contributed by atoms with Crippen molar-refractivity contribution in [2.24, 2.45) is 0 Å². The van der Waals surface area contributed by atoms with E-state index in [2.05, 4.69) is 85.2 Å². The van der Waals surface area contributed by atoms with Crippen LogP contribution in [-0.2, 0) is 16.1 Å². The summed E-state index contributed by atoms with van der Waals surface area (Å²) < 4.78 is 13.6. The zero-order chi connectivity index (χ0) is 29.1. The molecule has 0 bridgehead atoms. The molecule has 1 heterocycles. The number of hydrogen-bond acceptors (Lipinski definition) is 4. The summed E-state index contributed by atoms with van der Waals surface area (Å²) in [5.41, 5.74) is 0.350. The highest BCUT2D eigenvalue weighted by Gasteiger charge is 2.52. The summed E-state index contributed by atoms with van der Waals surface area (Å²) in [6.07, 6.45) is -0.456. The van der Waals surface area contributed by atoms with Crippen molar-refractivity contribution in [1.29, 1.82) is 0 Å². The summed E-state index contributed by atoms with van der Waals surface area (Å²) in [7, 11) is -2.79. The van der Waals surface area contributed by atoms with Gasteiger partial charge in [-0.2, -0.15) is 0 Å². The number of ether oxygens (including phenoxy) is 1. The normalized spacial score (nSPS) is 14.7. The predicted molar refractivity (Wildman–Crippen MR) is 166 cm³/mol. The van der Waals surface area contributed by atoms with Crippen LogP contribution in [0, 0.1) is 0 Å². The summed E-state index contributed by atoms with van der Waals surface area (Å²) >= 11 is 3.69. The van der Waals surface area contributed by atoms with E-state index in [1.54, 1.807) is 4.90 Å². The monoisotopic (exact) mass is 622 g/mol. The molecular weight excluding hydrogens is 584 g/mol. The van der Waals surface area contributed by atoms with Crippen LogP contribution < -0.4 is 14.8 Å². The molecule has 0 unspecified atom stereocenters. The molecule has 212 valence electrons. The lowest BCUT2D eigenvalue weighted by Crippen LogP contribution is -2.68. The van der Waals surface area contributed by atoms with E-state index in [-0.39, 0.29) is 17.5 Å². The molecule has 1 aliphatic heterocycles. The van der Waals surface area contributed by atoms with Gasteiger partial charge in [0.15, 0.2) is 0 Å². The smallest absolute Gasteiger partial charge is 0.410 e. The Morgan fingerprint density at radius 1 is 0.875 bits per heavy atom. The van der Waals surface area contributed by atoms with E-state index < -0.39 is 20.0 Å². The van der Waals surface area contributed by atoms with E-state index in [1.807, 2.05) is 51.1 Å². The van der Waals surface area contributed by atoms with Gasteiger partial charge >= 0.3 is 14.4 Å². The van der Waals surface area contributed by atoms with E-state index in [0.717, 1.165) is 15.8 Å². The van der Waals surface area contributed by atoms with Gasteiger partial charge in [0.05, 0.1) is 0 Å². The number of halogens is 1. The van der Waals surface area contributed by atoms with E-state index in [9.17, 15) is 9.59 Å². The molecule has 3 aromatic carbocycles. The van der Waals surface area contributed by atoms with Gasteiger partial charge in [-0.15, -0.1) is 0 Å². The summed E-state index contributed by atoms with van der Waals surface area (Å²) in [6, 6.07) is 27.1. The summed E-state index contributed by atoms with van der Waals surface area (Å²) in [4.78, 5) is 28.8. The van der Waals surface area contributed by atoms with Gasteiger partial charge in [-0.25, -0.2) is 4.79 Å². The van der Waals surface area contributed by atoms with Crippen LogP contribution in [0.25, 0.3) is 0 Å². The minimum absolute atomic E-state index is 0.00475. The third kappa shape index (κ3) is 6.61. The molecule has 2 amide bonds. The van der Waals surface area contributed by atoms with Crippen LogP contribution in [0.5, 0.6) is 5.75 Å². The molecule has 3 aromatic rings. The minimum Gasteiger partial charge on any atom is -0.534 e. The SMILES string of the molecule is CC(C)(C)OC(=O)N1CCN(Cc2cc(O[Si](c3ccccc3)(c3ccccc3)C(C)(C)C)ccc2Br)C(=O)C1. The van der Waals surface area contributed by atoms with Gasteiger partial charge in [0, 0.05) is 24.1 Å². The molecule has 0 atom stereocenters. The van der Waals surface area contributed by atoms with Crippen LogP contribution in [0.2, 0.25) is 5.04 Å². The molecule has 1 fully saturated rings. The van der Waals surface area contributed by atoms with Crippen molar-refractivity contribution < 1.29 is 18.8 Å². The second-order valence-corrected chi connectivity index (χ2v) is 17.3. The zero-order valence-corrected chi connectivity index (χ0v) is 26.8. The lowest BCUT2D eigenvalue weighted by molar-refractivity contribution is -0.136. The van der Waals surface area contributed by atoms with Crippen molar-refractivity contribution in [3.05, 3.63) is 88.9 Å². The zero-order valence-electron chi connectivity index (χ0n) is 24.2. The molecule has 6 nitrogen and oxygen atoms in total. The molecule has 8 heteroatoms. The van der Waals surface area contributed by atoms with Crippen molar-refractivity contribution in [2.75, 3.05) is 19.6 Å². The van der Waals surface area contributed by atoms with Crippen LogP contribution >= 0.6 is 15.9 Å². The maximum atomic E-state index is 13.0. The molecule has 0 saturated carbocycles. The van der Waals surface area contributed by atoms with Gasteiger partial charge in [-0.3, -0.25) is 9.69 Å². The molecule has 0 N–H and O–H groups in total. The van der Waals surface area contributed by atoms with Gasteiger partial charge in [0.25, 0.3) is 0 Å². The minimum atomic E-state index is -2.79. The Morgan fingerprint density at radius 3 is 1.95 bits per heavy atom. The second-order valence-electron chi connectivity index (χ2n) is 12.2. The van der Waals surface area contributed by atoms with E-state index in [0.29, 0.717) is 19.6 Å². The Balaban J connectivity index is 1.62.